The minimum atomic E-state index is -0.334. The van der Waals surface area contributed by atoms with Gasteiger partial charge in [0, 0.05) is 16.8 Å². The van der Waals surface area contributed by atoms with Crippen LogP contribution in [-0.4, -0.2) is 4.98 Å². The fourth-order valence-corrected chi connectivity index (χ4v) is 1.95. The number of aromatic nitrogens is 1. The molecule has 4 heteroatoms. The highest BCUT2D eigenvalue weighted by Crippen LogP contribution is 2.24. The molecule has 2 aliphatic rings. The van der Waals surface area contributed by atoms with E-state index in [1.165, 1.54) is 6.07 Å². The molecule has 0 aromatic heterocycles. The maximum Gasteiger partial charge on any atom is 0.217 e. The zero-order valence-corrected chi connectivity index (χ0v) is 8.81. The number of aromatic amines is 1. The first-order valence-electron chi connectivity index (χ1n) is 5.18. The summed E-state index contributed by atoms with van der Waals surface area (Å²) >= 11 is 0. The van der Waals surface area contributed by atoms with Crippen LogP contribution in [0.15, 0.2) is 52.4 Å². The Kier molecular flexibility index (Phi) is 2.01. The second kappa shape index (κ2) is 3.52. The molecule has 0 bridgehead atoms. The van der Waals surface area contributed by atoms with E-state index in [4.69, 9.17) is 0 Å². The zero-order chi connectivity index (χ0) is 11.8. The molecule has 4 nitrogen and oxygen atoms in total. The average molecular weight is 224 g/mol. The SMILES string of the molecule is O=Nc1ccc2[nH]c3ccccc3cc-2c1=O. The van der Waals surface area contributed by atoms with Crippen LogP contribution in [-0.2, 0) is 0 Å². The number of nitroso groups, excluding NO2 is 1. The van der Waals surface area contributed by atoms with Gasteiger partial charge in [0.15, 0.2) is 5.69 Å². The average Bonchev–Trinajstić information content (AvgIpc) is 2.37. The van der Waals surface area contributed by atoms with Crippen LogP contribution in [0, 0.1) is 4.91 Å². The fraction of sp³-hybridized carbons (Fsp3) is 0. The van der Waals surface area contributed by atoms with Crippen LogP contribution in [0.3, 0.4) is 0 Å². The van der Waals surface area contributed by atoms with Gasteiger partial charge >= 0.3 is 0 Å². The predicted octanol–water partition coefficient (Wildman–Crippen LogP) is 3.03. The lowest BCUT2D eigenvalue weighted by molar-refractivity contribution is 1.34. The third kappa shape index (κ3) is 1.42. The minimum Gasteiger partial charge on any atom is -0.354 e. The first kappa shape index (κ1) is 9.72. The molecule has 0 radical (unpaired) electrons. The standard InChI is InChI=1S/C13H8N2O2/c16-13-9-7-8-3-1-2-4-10(8)14-11(9)5-6-12(13)15-17/h1-7,14H. The number of benzene rings is 2. The Morgan fingerprint density at radius 1 is 1.06 bits per heavy atom. The molecule has 82 valence electrons. The summed E-state index contributed by atoms with van der Waals surface area (Å²) in [5.41, 5.74) is 1.76. The third-order valence-electron chi connectivity index (χ3n) is 2.80. The number of rotatable bonds is 1. The largest absolute Gasteiger partial charge is 0.354 e. The number of H-pyrrole nitrogens is 1. The summed E-state index contributed by atoms with van der Waals surface area (Å²) in [7, 11) is 0. The van der Waals surface area contributed by atoms with Crippen LogP contribution < -0.4 is 5.43 Å². The molecule has 1 aliphatic heterocycles. The number of hydrogen-bond donors (Lipinski definition) is 1. The first-order chi connectivity index (χ1) is 8.29. The summed E-state index contributed by atoms with van der Waals surface area (Å²) in [5, 5.41) is 3.65. The highest BCUT2D eigenvalue weighted by Gasteiger charge is 2.11. The monoisotopic (exact) mass is 224 g/mol. The summed E-state index contributed by atoms with van der Waals surface area (Å²) in [6, 6.07) is 12.6. The fourth-order valence-electron chi connectivity index (χ4n) is 1.95. The lowest BCUT2D eigenvalue weighted by Gasteiger charge is -2.07. The van der Waals surface area contributed by atoms with Gasteiger partial charge in [-0.15, -0.1) is 4.91 Å². The van der Waals surface area contributed by atoms with Crippen molar-refractivity contribution in [3.8, 4) is 11.3 Å². The Balaban J connectivity index is 2.49. The highest BCUT2D eigenvalue weighted by molar-refractivity contribution is 5.86. The summed E-state index contributed by atoms with van der Waals surface area (Å²) in [6.07, 6.45) is 0. The van der Waals surface area contributed by atoms with Crippen molar-refractivity contribution in [3.05, 3.63) is 57.6 Å². The number of nitrogens with zero attached hydrogens (tertiary/aromatic N) is 1. The molecule has 0 fully saturated rings. The second-order valence-corrected chi connectivity index (χ2v) is 3.82. The molecule has 1 N–H and O–H groups in total. The summed E-state index contributed by atoms with van der Waals surface area (Å²) in [5.74, 6) is 0. The van der Waals surface area contributed by atoms with E-state index in [0.717, 1.165) is 10.9 Å². The van der Waals surface area contributed by atoms with Gasteiger partial charge in [-0.05, 0) is 34.8 Å². The van der Waals surface area contributed by atoms with Crippen molar-refractivity contribution >= 4 is 16.6 Å². The van der Waals surface area contributed by atoms with Gasteiger partial charge in [0.2, 0.25) is 5.43 Å². The third-order valence-corrected chi connectivity index (χ3v) is 2.80. The zero-order valence-electron chi connectivity index (χ0n) is 8.81. The molecule has 1 aromatic carbocycles. The number of nitrogens with one attached hydrogen (secondary N) is 1. The van der Waals surface area contributed by atoms with Gasteiger partial charge < -0.3 is 4.98 Å². The van der Waals surface area contributed by atoms with Crippen molar-refractivity contribution in [1.82, 2.24) is 4.98 Å². The molecule has 0 saturated carbocycles. The van der Waals surface area contributed by atoms with Crippen LogP contribution in [0.2, 0.25) is 0 Å². The number of para-hydroxylation sites is 1. The van der Waals surface area contributed by atoms with Crippen LogP contribution in [0.5, 0.6) is 0 Å². The Hall–Kier alpha value is -2.49. The van der Waals surface area contributed by atoms with Gasteiger partial charge in [-0.1, -0.05) is 18.2 Å². The lowest BCUT2D eigenvalue weighted by Crippen LogP contribution is -2.06. The van der Waals surface area contributed by atoms with E-state index in [2.05, 4.69) is 10.2 Å². The van der Waals surface area contributed by atoms with Crippen LogP contribution >= 0.6 is 0 Å². The Morgan fingerprint density at radius 2 is 1.88 bits per heavy atom. The quantitative estimate of drug-likeness (QED) is 0.510. The molecule has 3 rings (SSSR count). The number of fused-ring (bicyclic) bond motifs is 2. The van der Waals surface area contributed by atoms with Gasteiger partial charge in [-0.3, -0.25) is 4.79 Å². The molecule has 1 aromatic rings. The molecule has 1 aliphatic carbocycles. The molecule has 0 atom stereocenters. The molecule has 0 spiro atoms. The maximum atomic E-state index is 11.9. The molecule has 17 heavy (non-hydrogen) atoms. The maximum absolute atomic E-state index is 11.9. The van der Waals surface area contributed by atoms with Gasteiger partial charge in [0.25, 0.3) is 0 Å². The van der Waals surface area contributed by atoms with Crippen LogP contribution in [0.1, 0.15) is 0 Å². The van der Waals surface area contributed by atoms with E-state index in [-0.39, 0.29) is 11.1 Å². The van der Waals surface area contributed by atoms with Gasteiger partial charge in [-0.25, -0.2) is 0 Å². The lowest BCUT2D eigenvalue weighted by atomic mass is 10.0. The number of pyridine rings is 1. The van der Waals surface area contributed by atoms with Crippen molar-refractivity contribution in [2.75, 3.05) is 0 Å². The van der Waals surface area contributed by atoms with Crippen molar-refractivity contribution in [2.24, 2.45) is 5.18 Å². The molecular formula is C13H8N2O2. The molecule has 1 heterocycles. The summed E-state index contributed by atoms with van der Waals surface area (Å²) in [6.45, 7) is 0. The normalized spacial score (nSPS) is 10.8. The van der Waals surface area contributed by atoms with E-state index in [0.29, 0.717) is 11.3 Å². The minimum absolute atomic E-state index is 0.0545. The summed E-state index contributed by atoms with van der Waals surface area (Å²) in [4.78, 5) is 25.5. The van der Waals surface area contributed by atoms with Crippen molar-refractivity contribution in [3.63, 3.8) is 0 Å². The van der Waals surface area contributed by atoms with Gasteiger partial charge in [-0.2, -0.15) is 0 Å². The first-order valence-corrected chi connectivity index (χ1v) is 5.18. The Bertz CT molecular complexity index is 746. The topological polar surface area (TPSA) is 62.3 Å². The number of hydrogen-bond acceptors (Lipinski definition) is 3. The smallest absolute Gasteiger partial charge is 0.217 e. The van der Waals surface area contributed by atoms with Crippen molar-refractivity contribution in [1.29, 1.82) is 0 Å². The highest BCUT2D eigenvalue weighted by atomic mass is 16.3. The molecule has 0 amide bonds. The van der Waals surface area contributed by atoms with Gasteiger partial charge in [0.1, 0.15) is 0 Å². The van der Waals surface area contributed by atoms with E-state index >= 15 is 0 Å². The van der Waals surface area contributed by atoms with E-state index in [1.807, 2.05) is 24.3 Å². The van der Waals surface area contributed by atoms with Crippen LogP contribution in [0.4, 0.5) is 5.69 Å². The van der Waals surface area contributed by atoms with Gasteiger partial charge in [0.05, 0.1) is 0 Å². The predicted molar refractivity (Wildman–Crippen MR) is 66.6 cm³/mol. The Labute approximate surface area is 96.2 Å². The van der Waals surface area contributed by atoms with Crippen molar-refractivity contribution in [2.45, 2.75) is 0 Å². The van der Waals surface area contributed by atoms with E-state index in [1.54, 1.807) is 12.1 Å². The molecular weight excluding hydrogens is 216 g/mol. The van der Waals surface area contributed by atoms with E-state index in [9.17, 15) is 9.70 Å². The molecule has 0 unspecified atom stereocenters. The van der Waals surface area contributed by atoms with Crippen LogP contribution in [0.25, 0.3) is 22.2 Å². The van der Waals surface area contributed by atoms with Crippen molar-refractivity contribution < 1.29 is 0 Å². The second-order valence-electron chi connectivity index (χ2n) is 3.82. The molecule has 0 saturated heterocycles. The summed E-state index contributed by atoms with van der Waals surface area (Å²) < 4.78 is 0. The van der Waals surface area contributed by atoms with E-state index < -0.39 is 0 Å². The Morgan fingerprint density at radius 3 is 2.71 bits per heavy atom.